The third-order valence-corrected chi connectivity index (χ3v) is 8.53. The second-order valence-electron chi connectivity index (χ2n) is 8.19. The fourth-order valence-electron chi connectivity index (χ4n) is 4.19. The van der Waals surface area contributed by atoms with Gasteiger partial charge in [0.15, 0.2) is 11.5 Å². The van der Waals surface area contributed by atoms with Crippen LogP contribution in [0.1, 0.15) is 32.6 Å². The molecule has 180 valence electrons. The second-order valence-corrected chi connectivity index (χ2v) is 10.1. The third kappa shape index (κ3) is 4.52. The largest absolute Gasteiger partial charge is 0.496 e. The lowest BCUT2D eigenvalue weighted by molar-refractivity contribution is 0.0694. The van der Waals surface area contributed by atoms with E-state index in [1.807, 2.05) is 33.8 Å². The molecule has 0 saturated carbocycles. The molecule has 1 aliphatic heterocycles. The zero-order valence-electron chi connectivity index (χ0n) is 20.3. The van der Waals surface area contributed by atoms with Crippen LogP contribution in [-0.4, -0.2) is 71.0 Å². The number of hydrogen-bond donors (Lipinski definition) is 0. The van der Waals surface area contributed by atoms with Gasteiger partial charge in [-0.05, 0) is 49.9 Å². The van der Waals surface area contributed by atoms with Crippen LogP contribution in [-0.2, 0) is 10.0 Å². The summed E-state index contributed by atoms with van der Waals surface area (Å²) in [6.45, 7) is 8.53. The van der Waals surface area contributed by atoms with E-state index in [2.05, 4.69) is 0 Å². The van der Waals surface area contributed by atoms with Crippen molar-refractivity contribution in [1.82, 2.24) is 9.21 Å². The molecule has 9 heteroatoms. The van der Waals surface area contributed by atoms with Crippen LogP contribution in [0.3, 0.4) is 0 Å². The summed E-state index contributed by atoms with van der Waals surface area (Å²) in [4.78, 5) is 15.3. The zero-order chi connectivity index (χ0) is 24.5. The molecule has 2 aromatic carbocycles. The van der Waals surface area contributed by atoms with E-state index in [4.69, 9.17) is 14.2 Å². The van der Waals surface area contributed by atoms with Crippen LogP contribution in [0.2, 0.25) is 0 Å². The number of carbonyl (C=O) groups is 1. The molecule has 0 aliphatic carbocycles. The van der Waals surface area contributed by atoms with Crippen LogP contribution in [0.5, 0.6) is 17.2 Å². The third-order valence-electron chi connectivity index (χ3n) is 6.36. The van der Waals surface area contributed by atoms with Gasteiger partial charge in [-0.2, -0.15) is 4.31 Å². The quantitative estimate of drug-likeness (QED) is 0.637. The van der Waals surface area contributed by atoms with Gasteiger partial charge in [0.1, 0.15) is 5.75 Å². The summed E-state index contributed by atoms with van der Waals surface area (Å²) >= 11 is 0. The van der Waals surface area contributed by atoms with Crippen LogP contribution < -0.4 is 14.2 Å². The Morgan fingerprint density at radius 3 is 1.73 bits per heavy atom. The summed E-state index contributed by atoms with van der Waals surface area (Å²) < 4.78 is 44.5. The molecule has 1 amide bonds. The molecule has 33 heavy (non-hydrogen) atoms. The first kappa shape index (κ1) is 24.9. The number of hydrogen-bond acceptors (Lipinski definition) is 6. The predicted molar refractivity (Wildman–Crippen MR) is 126 cm³/mol. The fraction of sp³-hybridized carbons (Fsp3) is 0.458. The van der Waals surface area contributed by atoms with Gasteiger partial charge in [0, 0.05) is 38.3 Å². The van der Waals surface area contributed by atoms with Crippen molar-refractivity contribution in [1.29, 1.82) is 0 Å². The van der Waals surface area contributed by atoms with Crippen molar-refractivity contribution in [2.24, 2.45) is 0 Å². The molecule has 0 radical (unpaired) electrons. The number of methoxy groups -OCH3 is 3. The van der Waals surface area contributed by atoms with Crippen LogP contribution in [0.25, 0.3) is 0 Å². The molecule has 1 aliphatic rings. The minimum atomic E-state index is -3.68. The lowest BCUT2D eigenvalue weighted by Gasteiger charge is -2.35. The first-order valence-electron chi connectivity index (χ1n) is 10.7. The number of rotatable bonds is 6. The van der Waals surface area contributed by atoms with Gasteiger partial charge in [-0.25, -0.2) is 8.42 Å². The van der Waals surface area contributed by atoms with E-state index in [0.29, 0.717) is 27.7 Å². The van der Waals surface area contributed by atoms with Crippen molar-refractivity contribution in [3.63, 3.8) is 0 Å². The van der Waals surface area contributed by atoms with Crippen molar-refractivity contribution < 1.29 is 27.4 Å². The number of carbonyl (C=O) groups excluding carboxylic acids is 1. The number of ether oxygens (including phenoxy) is 3. The Bertz CT molecular complexity index is 1140. The number of benzene rings is 2. The van der Waals surface area contributed by atoms with Gasteiger partial charge in [-0.3, -0.25) is 4.79 Å². The van der Waals surface area contributed by atoms with Crippen LogP contribution >= 0.6 is 0 Å². The number of piperazine rings is 1. The average molecular weight is 477 g/mol. The zero-order valence-corrected chi connectivity index (χ0v) is 21.1. The van der Waals surface area contributed by atoms with E-state index in [1.54, 1.807) is 17.0 Å². The Morgan fingerprint density at radius 2 is 1.24 bits per heavy atom. The molecular weight excluding hydrogens is 444 g/mol. The molecule has 0 bridgehead atoms. The normalized spacial score (nSPS) is 14.8. The molecule has 1 heterocycles. The van der Waals surface area contributed by atoms with Gasteiger partial charge in [0.2, 0.25) is 10.0 Å². The van der Waals surface area contributed by atoms with E-state index in [9.17, 15) is 13.2 Å². The van der Waals surface area contributed by atoms with Crippen molar-refractivity contribution in [3.05, 3.63) is 46.0 Å². The number of aryl methyl sites for hydroxylation is 2. The van der Waals surface area contributed by atoms with E-state index in [0.717, 1.165) is 22.3 Å². The maximum atomic E-state index is 13.5. The minimum absolute atomic E-state index is 0.218. The summed E-state index contributed by atoms with van der Waals surface area (Å²) in [5.41, 5.74) is 3.78. The van der Waals surface area contributed by atoms with Crippen molar-refractivity contribution >= 4 is 15.9 Å². The standard InChI is InChI=1S/C24H32N2O6S/c1-15-12-16(2)18(4)23(17(15)3)33(28,29)26-10-8-25(9-11-26)24(27)19-13-21(31-6)22(32-7)14-20(19)30-5/h12-14H,8-11H2,1-7H3. The maximum Gasteiger partial charge on any atom is 0.257 e. The fourth-order valence-corrected chi connectivity index (χ4v) is 6.19. The van der Waals surface area contributed by atoms with E-state index in [1.165, 1.54) is 25.6 Å². The highest BCUT2D eigenvalue weighted by Crippen LogP contribution is 2.35. The molecule has 0 N–H and O–H groups in total. The summed E-state index contributed by atoms with van der Waals surface area (Å²) in [6.07, 6.45) is 0. The molecule has 2 aromatic rings. The lowest BCUT2D eigenvalue weighted by Crippen LogP contribution is -2.50. The second kappa shape index (κ2) is 9.61. The summed E-state index contributed by atoms with van der Waals surface area (Å²) in [6, 6.07) is 5.21. The van der Waals surface area contributed by atoms with E-state index in [-0.39, 0.29) is 32.1 Å². The van der Waals surface area contributed by atoms with Crippen molar-refractivity contribution in [2.75, 3.05) is 47.5 Å². The Hall–Kier alpha value is -2.78. The van der Waals surface area contributed by atoms with E-state index < -0.39 is 10.0 Å². The predicted octanol–water partition coefficient (Wildman–Crippen LogP) is 3.09. The van der Waals surface area contributed by atoms with Gasteiger partial charge < -0.3 is 19.1 Å². The highest BCUT2D eigenvalue weighted by Gasteiger charge is 2.34. The molecule has 3 rings (SSSR count). The average Bonchev–Trinajstić information content (AvgIpc) is 2.81. The Kier molecular flexibility index (Phi) is 7.23. The number of sulfonamides is 1. The Balaban J connectivity index is 1.84. The number of nitrogens with zero attached hydrogens (tertiary/aromatic N) is 2. The first-order valence-corrected chi connectivity index (χ1v) is 12.2. The van der Waals surface area contributed by atoms with E-state index >= 15 is 0 Å². The SMILES string of the molecule is COc1cc(OC)c(C(=O)N2CCN(S(=O)(=O)c3c(C)c(C)cc(C)c3C)CC2)cc1OC. The number of amides is 1. The summed E-state index contributed by atoms with van der Waals surface area (Å²) in [5, 5.41) is 0. The van der Waals surface area contributed by atoms with Crippen LogP contribution in [0.4, 0.5) is 0 Å². The molecule has 0 spiro atoms. The topological polar surface area (TPSA) is 85.4 Å². The van der Waals surface area contributed by atoms with Crippen LogP contribution in [0, 0.1) is 27.7 Å². The smallest absolute Gasteiger partial charge is 0.257 e. The van der Waals surface area contributed by atoms with Gasteiger partial charge in [0.05, 0.1) is 31.8 Å². The monoisotopic (exact) mass is 476 g/mol. The minimum Gasteiger partial charge on any atom is -0.496 e. The van der Waals surface area contributed by atoms with Gasteiger partial charge in [-0.15, -0.1) is 0 Å². The molecule has 1 fully saturated rings. The Morgan fingerprint density at radius 1 is 0.758 bits per heavy atom. The molecular formula is C24H32N2O6S. The molecule has 8 nitrogen and oxygen atoms in total. The first-order chi connectivity index (χ1) is 15.6. The van der Waals surface area contributed by atoms with Gasteiger partial charge in [-0.1, -0.05) is 6.07 Å². The van der Waals surface area contributed by atoms with Crippen molar-refractivity contribution in [3.8, 4) is 17.2 Å². The van der Waals surface area contributed by atoms with Gasteiger partial charge >= 0.3 is 0 Å². The highest BCUT2D eigenvalue weighted by molar-refractivity contribution is 7.89. The Labute approximate surface area is 196 Å². The molecule has 0 unspecified atom stereocenters. The summed E-state index contributed by atoms with van der Waals surface area (Å²) in [5.74, 6) is 1.00. The molecule has 0 atom stereocenters. The maximum absolute atomic E-state index is 13.5. The van der Waals surface area contributed by atoms with Gasteiger partial charge in [0.25, 0.3) is 5.91 Å². The lowest BCUT2D eigenvalue weighted by atomic mass is 10.0. The summed E-state index contributed by atoms with van der Waals surface area (Å²) in [7, 11) is 0.813. The highest BCUT2D eigenvalue weighted by atomic mass is 32.2. The molecule has 0 aromatic heterocycles. The van der Waals surface area contributed by atoms with Crippen molar-refractivity contribution in [2.45, 2.75) is 32.6 Å². The molecule has 1 saturated heterocycles. The van der Waals surface area contributed by atoms with Crippen LogP contribution in [0.15, 0.2) is 23.1 Å².